The largest absolute Gasteiger partial charge is 0.282 e. The molecule has 0 aromatic heterocycles. The van der Waals surface area contributed by atoms with Gasteiger partial charge in [-0.25, -0.2) is 0 Å². The summed E-state index contributed by atoms with van der Waals surface area (Å²) in [5.41, 5.74) is 0. The average Bonchev–Trinajstić information content (AvgIpc) is 3.11. The fraction of sp³-hybridized carbons (Fsp3) is 1.00. The molecule has 0 aromatic carbocycles. The molecule has 3 heterocycles. The Kier molecular flexibility index (Phi) is 5.53. The summed E-state index contributed by atoms with van der Waals surface area (Å²) in [6, 6.07) is 0. The molecule has 3 aliphatic heterocycles. The standard InChI is InChI=1S/C14H28N4O4S2/c1-14-4-8-16(9-5-14)24(21,22)18-12-10-17(11-13-18)23(19,20)15-6-2-3-7-15/h14H,2-13H2,1H3. The van der Waals surface area contributed by atoms with E-state index >= 15 is 0 Å². The van der Waals surface area contributed by atoms with Crippen molar-refractivity contribution in [1.82, 2.24) is 17.2 Å². The molecule has 0 aliphatic carbocycles. The van der Waals surface area contributed by atoms with Crippen LogP contribution < -0.4 is 0 Å². The highest BCUT2D eigenvalue weighted by molar-refractivity contribution is 7.87. The van der Waals surface area contributed by atoms with Gasteiger partial charge in [-0.3, -0.25) is 0 Å². The molecule has 3 saturated heterocycles. The Morgan fingerprint density at radius 1 is 0.583 bits per heavy atom. The maximum Gasteiger partial charge on any atom is 0.282 e. The van der Waals surface area contributed by atoms with E-state index in [-0.39, 0.29) is 26.2 Å². The van der Waals surface area contributed by atoms with Gasteiger partial charge >= 0.3 is 0 Å². The van der Waals surface area contributed by atoms with Crippen molar-refractivity contribution in [3.63, 3.8) is 0 Å². The molecule has 0 N–H and O–H groups in total. The first-order valence-electron chi connectivity index (χ1n) is 8.82. The lowest BCUT2D eigenvalue weighted by Gasteiger charge is -2.38. The van der Waals surface area contributed by atoms with Gasteiger partial charge in [0, 0.05) is 52.4 Å². The number of piperidine rings is 1. The molecule has 0 bridgehead atoms. The molecule has 0 spiro atoms. The predicted octanol–water partition coefficient (Wildman–Crippen LogP) is -0.0787. The van der Waals surface area contributed by atoms with Crippen molar-refractivity contribution in [2.75, 3.05) is 52.4 Å². The molecule has 10 heteroatoms. The number of rotatable bonds is 4. The molecule has 8 nitrogen and oxygen atoms in total. The molecule has 3 aliphatic rings. The molecule has 0 saturated carbocycles. The molecule has 24 heavy (non-hydrogen) atoms. The van der Waals surface area contributed by atoms with E-state index < -0.39 is 20.4 Å². The monoisotopic (exact) mass is 380 g/mol. The summed E-state index contributed by atoms with van der Waals surface area (Å²) in [4.78, 5) is 0. The van der Waals surface area contributed by atoms with Gasteiger partial charge < -0.3 is 0 Å². The van der Waals surface area contributed by atoms with Crippen molar-refractivity contribution in [3.8, 4) is 0 Å². The van der Waals surface area contributed by atoms with Crippen LogP contribution in [-0.2, 0) is 20.4 Å². The fourth-order valence-electron chi connectivity index (χ4n) is 3.59. The highest BCUT2D eigenvalue weighted by Crippen LogP contribution is 2.23. The van der Waals surface area contributed by atoms with Crippen LogP contribution >= 0.6 is 0 Å². The summed E-state index contributed by atoms with van der Waals surface area (Å²) in [5, 5.41) is 0. The van der Waals surface area contributed by atoms with Crippen molar-refractivity contribution >= 4 is 20.4 Å². The molecule has 0 unspecified atom stereocenters. The maximum atomic E-state index is 12.7. The average molecular weight is 381 g/mol. The molecule has 0 amide bonds. The normalized spacial score (nSPS) is 27.7. The topological polar surface area (TPSA) is 81.2 Å². The van der Waals surface area contributed by atoms with Gasteiger partial charge in [0.2, 0.25) is 0 Å². The first-order valence-corrected chi connectivity index (χ1v) is 11.6. The quantitative estimate of drug-likeness (QED) is 0.683. The lowest BCUT2D eigenvalue weighted by molar-refractivity contribution is 0.226. The highest BCUT2D eigenvalue weighted by atomic mass is 32.2. The van der Waals surface area contributed by atoms with Crippen LogP contribution in [0.3, 0.4) is 0 Å². The van der Waals surface area contributed by atoms with Crippen LogP contribution in [-0.4, -0.2) is 86.4 Å². The Hall–Kier alpha value is -0.260. The summed E-state index contributed by atoms with van der Waals surface area (Å²) in [5.74, 6) is 0.568. The first kappa shape index (κ1) is 18.5. The maximum absolute atomic E-state index is 12.7. The van der Waals surface area contributed by atoms with Crippen LogP contribution in [0, 0.1) is 5.92 Å². The lowest BCUT2D eigenvalue weighted by atomic mass is 10.0. The number of hydrogen-bond donors (Lipinski definition) is 0. The molecular weight excluding hydrogens is 352 g/mol. The minimum Gasteiger partial charge on any atom is -0.195 e. The third-order valence-corrected chi connectivity index (χ3v) is 9.38. The number of hydrogen-bond acceptors (Lipinski definition) is 4. The Bertz CT molecular complexity index is 630. The Labute approximate surface area is 145 Å². The first-order chi connectivity index (χ1) is 11.3. The number of nitrogens with zero attached hydrogens (tertiary/aromatic N) is 4. The van der Waals surface area contributed by atoms with Gasteiger partial charge in [0.25, 0.3) is 20.4 Å². The van der Waals surface area contributed by atoms with Crippen molar-refractivity contribution in [3.05, 3.63) is 0 Å². The summed E-state index contributed by atoms with van der Waals surface area (Å²) >= 11 is 0. The van der Waals surface area contributed by atoms with E-state index in [0.29, 0.717) is 32.1 Å². The van der Waals surface area contributed by atoms with E-state index in [1.807, 2.05) is 0 Å². The fourth-order valence-corrected chi connectivity index (χ4v) is 6.89. The third-order valence-electron chi connectivity index (χ3n) is 5.31. The minimum atomic E-state index is -3.46. The second-order valence-corrected chi connectivity index (χ2v) is 10.9. The van der Waals surface area contributed by atoms with E-state index in [9.17, 15) is 16.8 Å². The third kappa shape index (κ3) is 3.63. The van der Waals surface area contributed by atoms with Gasteiger partial charge in [0.05, 0.1) is 0 Å². The molecule has 140 valence electrons. The van der Waals surface area contributed by atoms with Crippen molar-refractivity contribution in [2.45, 2.75) is 32.6 Å². The van der Waals surface area contributed by atoms with E-state index in [0.717, 1.165) is 25.7 Å². The molecule has 0 aromatic rings. The zero-order valence-corrected chi connectivity index (χ0v) is 15.9. The molecular formula is C14H28N4O4S2. The summed E-state index contributed by atoms with van der Waals surface area (Å²) < 4.78 is 56.5. The van der Waals surface area contributed by atoms with E-state index in [1.54, 1.807) is 4.31 Å². The molecule has 3 fully saturated rings. The number of piperazine rings is 1. The van der Waals surface area contributed by atoms with Crippen molar-refractivity contribution in [1.29, 1.82) is 0 Å². The SMILES string of the molecule is CC1CCN(S(=O)(=O)N2CCN(S(=O)(=O)N3CCCC3)CC2)CC1. The second-order valence-electron chi connectivity index (χ2n) is 7.00. The summed E-state index contributed by atoms with van der Waals surface area (Å²) in [6.07, 6.45) is 3.59. The van der Waals surface area contributed by atoms with Gasteiger partial charge in [-0.15, -0.1) is 0 Å². The lowest BCUT2D eigenvalue weighted by Crippen LogP contribution is -2.56. The highest BCUT2D eigenvalue weighted by Gasteiger charge is 2.38. The molecule has 0 atom stereocenters. The van der Waals surface area contributed by atoms with E-state index in [4.69, 9.17) is 0 Å². The van der Waals surface area contributed by atoms with Crippen molar-refractivity contribution < 1.29 is 16.8 Å². The zero-order valence-electron chi connectivity index (χ0n) is 14.3. The summed E-state index contributed by atoms with van der Waals surface area (Å²) in [6.45, 7) is 5.38. The smallest absolute Gasteiger partial charge is 0.195 e. The molecule has 3 rings (SSSR count). The van der Waals surface area contributed by atoms with Crippen LogP contribution in [0.5, 0.6) is 0 Å². The van der Waals surface area contributed by atoms with Crippen LogP contribution in [0.25, 0.3) is 0 Å². The van der Waals surface area contributed by atoms with Gasteiger partial charge in [-0.2, -0.15) is 34.1 Å². The van der Waals surface area contributed by atoms with Gasteiger partial charge in [0.15, 0.2) is 0 Å². The Morgan fingerprint density at radius 2 is 0.917 bits per heavy atom. The van der Waals surface area contributed by atoms with Crippen LogP contribution in [0.2, 0.25) is 0 Å². The van der Waals surface area contributed by atoms with E-state index in [2.05, 4.69) is 6.92 Å². The Balaban J connectivity index is 1.60. The van der Waals surface area contributed by atoms with Crippen LogP contribution in [0.4, 0.5) is 0 Å². The molecule has 0 radical (unpaired) electrons. The van der Waals surface area contributed by atoms with E-state index in [1.165, 1.54) is 12.9 Å². The summed E-state index contributed by atoms with van der Waals surface area (Å²) in [7, 11) is -6.90. The van der Waals surface area contributed by atoms with Gasteiger partial charge in [-0.05, 0) is 31.6 Å². The van der Waals surface area contributed by atoms with Gasteiger partial charge in [-0.1, -0.05) is 6.92 Å². The van der Waals surface area contributed by atoms with Crippen LogP contribution in [0.15, 0.2) is 0 Å². The Morgan fingerprint density at radius 3 is 1.33 bits per heavy atom. The van der Waals surface area contributed by atoms with Gasteiger partial charge in [0.1, 0.15) is 0 Å². The predicted molar refractivity (Wildman–Crippen MR) is 91.8 cm³/mol. The zero-order chi connectivity index (χ0) is 17.4. The van der Waals surface area contributed by atoms with Crippen LogP contribution in [0.1, 0.15) is 32.6 Å². The van der Waals surface area contributed by atoms with Crippen molar-refractivity contribution in [2.24, 2.45) is 5.92 Å². The minimum absolute atomic E-state index is 0.238. The second kappa shape index (κ2) is 7.16.